The van der Waals surface area contributed by atoms with Crippen molar-refractivity contribution >= 4 is 27.5 Å². The van der Waals surface area contributed by atoms with Gasteiger partial charge in [-0.1, -0.05) is 42.4 Å². The van der Waals surface area contributed by atoms with Crippen LogP contribution in [0.3, 0.4) is 0 Å². The number of thiophene rings is 1. The third-order valence-electron chi connectivity index (χ3n) is 4.84. The first-order chi connectivity index (χ1) is 15.4. The average molecular weight is 505 g/mol. The lowest BCUT2D eigenvalue weighted by Gasteiger charge is -2.04. The molecular weight excluding hydrogens is 487 g/mol. The number of halogens is 3. The van der Waals surface area contributed by atoms with E-state index in [1.54, 1.807) is 0 Å². The van der Waals surface area contributed by atoms with Crippen LogP contribution in [-0.4, -0.2) is 36.0 Å². The van der Waals surface area contributed by atoms with Gasteiger partial charge in [0.2, 0.25) is 15.8 Å². The summed E-state index contributed by atoms with van der Waals surface area (Å²) in [5, 5.41) is 18.0. The number of nitrogens with zero attached hydrogens (tertiary/aromatic N) is 1. The summed E-state index contributed by atoms with van der Waals surface area (Å²) in [6, 6.07) is 12.9. The monoisotopic (exact) mass is 505 g/mol. The highest BCUT2D eigenvalue weighted by molar-refractivity contribution is 7.91. The van der Waals surface area contributed by atoms with Crippen LogP contribution in [-0.2, 0) is 16.2 Å². The number of rotatable bonds is 5. The van der Waals surface area contributed by atoms with Crippen molar-refractivity contribution in [3.8, 4) is 10.6 Å². The Kier molecular flexibility index (Phi) is 7.11. The van der Waals surface area contributed by atoms with Gasteiger partial charge in [-0.2, -0.15) is 13.2 Å². The number of carbonyl (C=O) groups is 1. The molecule has 3 atom stereocenters. The Morgan fingerprint density at radius 2 is 1.82 bits per heavy atom. The molecule has 33 heavy (non-hydrogen) atoms. The lowest BCUT2D eigenvalue weighted by atomic mass is 10.1. The van der Waals surface area contributed by atoms with Gasteiger partial charge in [-0.3, -0.25) is 5.21 Å². The van der Waals surface area contributed by atoms with E-state index in [2.05, 4.69) is 14.4 Å². The van der Waals surface area contributed by atoms with Gasteiger partial charge >= 0.3 is 12.3 Å². The summed E-state index contributed by atoms with van der Waals surface area (Å²) >= 11 is 0.845. The summed E-state index contributed by atoms with van der Waals surface area (Å²) in [7, 11) is -3.79. The second-order valence-corrected chi connectivity index (χ2v) is 10.1. The van der Waals surface area contributed by atoms with Gasteiger partial charge in [0.15, 0.2) is 0 Å². The normalized spacial score (nSPS) is 20.0. The number of carboxylic acid groups (broad SMARTS) is 1. The molecule has 3 aromatic rings. The molecule has 1 amide bonds. The Bertz CT molecular complexity index is 1210. The molecule has 9 nitrogen and oxygen atoms in total. The molecule has 0 unspecified atom stereocenters. The average Bonchev–Trinajstić information content (AvgIpc) is 3.20. The minimum absolute atomic E-state index is 0.0185. The minimum atomic E-state index is -4.65. The van der Waals surface area contributed by atoms with E-state index in [1.165, 1.54) is 12.1 Å². The van der Waals surface area contributed by atoms with Crippen LogP contribution in [0, 0.1) is 5.92 Å². The van der Waals surface area contributed by atoms with Crippen LogP contribution in [0.5, 0.6) is 0 Å². The molecular formula is C19H18F3N3O6S2. The second kappa shape index (κ2) is 9.51. The van der Waals surface area contributed by atoms with E-state index in [4.69, 9.17) is 15.1 Å². The highest BCUT2D eigenvalue weighted by Gasteiger charge is 2.49. The molecule has 0 spiro atoms. The van der Waals surface area contributed by atoms with Gasteiger partial charge in [0.05, 0.1) is 4.88 Å². The van der Waals surface area contributed by atoms with Crippen LogP contribution in [0.4, 0.5) is 18.0 Å². The van der Waals surface area contributed by atoms with E-state index in [0.29, 0.717) is 0 Å². The summed E-state index contributed by atoms with van der Waals surface area (Å²) < 4.78 is 70.3. The highest BCUT2D eigenvalue weighted by atomic mass is 32.2. The Labute approximate surface area is 189 Å². The van der Waals surface area contributed by atoms with E-state index in [9.17, 15) is 21.6 Å². The summed E-state index contributed by atoms with van der Waals surface area (Å²) in [6.45, 7) is 1.97. The number of aromatic nitrogens is 1. The number of hydroxylamine groups is 1. The maximum Gasteiger partial charge on any atom is 0.452 e. The van der Waals surface area contributed by atoms with Crippen molar-refractivity contribution in [2.45, 2.75) is 29.3 Å². The van der Waals surface area contributed by atoms with Crippen molar-refractivity contribution in [3.63, 3.8) is 0 Å². The van der Waals surface area contributed by atoms with Crippen molar-refractivity contribution in [1.29, 1.82) is 0 Å². The first kappa shape index (κ1) is 24.7. The molecule has 4 rings (SSSR count). The van der Waals surface area contributed by atoms with Crippen molar-refractivity contribution in [2.75, 3.05) is 0 Å². The zero-order valence-corrected chi connectivity index (χ0v) is 18.4. The van der Waals surface area contributed by atoms with Crippen LogP contribution in [0.25, 0.3) is 10.6 Å². The number of amides is 1. The Hall–Kier alpha value is -2.94. The third-order valence-corrected chi connectivity index (χ3v) is 7.90. The molecule has 0 saturated heterocycles. The molecule has 0 radical (unpaired) electrons. The zero-order chi connectivity index (χ0) is 24.4. The fraction of sp³-hybridized carbons (Fsp3) is 0.263. The molecule has 1 aromatic carbocycles. The number of nitrogens with one attached hydrogen (secondary N) is 2. The SMILES string of the molecule is C[C@H]1[C@H](NS(=O)(=O)c2ccc(-c3cc(C(F)(F)F)on3)s2)[C@H]1c1ccccc1.O=C(O)NO. The van der Waals surface area contributed by atoms with Crippen molar-refractivity contribution in [3.05, 3.63) is 59.9 Å². The largest absolute Gasteiger partial charge is 0.464 e. The molecule has 2 heterocycles. The molecule has 178 valence electrons. The number of benzene rings is 1. The number of sulfonamides is 1. The Morgan fingerprint density at radius 1 is 1.18 bits per heavy atom. The van der Waals surface area contributed by atoms with E-state index >= 15 is 0 Å². The standard InChI is InChI=1S/C18H15F3N2O3S2.CH3NO3/c1-10-16(11-5-3-2-4-6-11)17(10)23-28(24,25)15-8-7-13(27-15)12-9-14(26-22-12)18(19,20)21;3-1(4)2-5/h2-10,16-17,23H,1H3;2,5H,(H,3,4)/t10-,16-,17+;/m1./s1. The van der Waals surface area contributed by atoms with Gasteiger partial charge in [-0.05, 0) is 23.6 Å². The van der Waals surface area contributed by atoms with Crippen LogP contribution >= 0.6 is 11.3 Å². The molecule has 1 saturated carbocycles. The van der Waals surface area contributed by atoms with Gasteiger partial charge in [0.25, 0.3) is 0 Å². The maximum atomic E-state index is 12.7. The van der Waals surface area contributed by atoms with Crippen LogP contribution in [0.2, 0.25) is 0 Å². The summed E-state index contributed by atoms with van der Waals surface area (Å²) in [5.41, 5.74) is 1.96. The van der Waals surface area contributed by atoms with E-state index in [0.717, 1.165) is 28.4 Å². The van der Waals surface area contributed by atoms with Crippen molar-refractivity contribution in [2.24, 2.45) is 5.92 Å². The molecule has 1 aliphatic carbocycles. The lowest BCUT2D eigenvalue weighted by Crippen LogP contribution is -2.27. The third kappa shape index (κ3) is 5.90. The first-order valence-electron chi connectivity index (χ1n) is 9.28. The fourth-order valence-corrected chi connectivity index (χ4v) is 5.82. The van der Waals surface area contributed by atoms with Crippen LogP contribution in [0.1, 0.15) is 24.2 Å². The zero-order valence-electron chi connectivity index (χ0n) is 16.8. The van der Waals surface area contributed by atoms with Crippen molar-refractivity contribution in [1.82, 2.24) is 15.4 Å². The molecule has 0 bridgehead atoms. The van der Waals surface area contributed by atoms with Gasteiger partial charge in [0, 0.05) is 18.0 Å². The smallest absolute Gasteiger partial charge is 0.452 e. The van der Waals surface area contributed by atoms with Gasteiger partial charge in [-0.25, -0.2) is 23.4 Å². The quantitative estimate of drug-likeness (QED) is 0.302. The number of alkyl halides is 3. The maximum absolute atomic E-state index is 12.7. The molecule has 2 aromatic heterocycles. The summed E-state index contributed by atoms with van der Waals surface area (Å²) in [6.07, 6.45) is -6.09. The van der Waals surface area contributed by atoms with Crippen molar-refractivity contribution < 1.29 is 41.2 Å². The van der Waals surface area contributed by atoms with Gasteiger partial charge in [-0.15, -0.1) is 11.3 Å². The molecule has 1 aliphatic rings. The topological polar surface area (TPSA) is 142 Å². The molecule has 1 fully saturated rings. The van der Waals surface area contributed by atoms with Gasteiger partial charge < -0.3 is 9.63 Å². The summed E-state index contributed by atoms with van der Waals surface area (Å²) in [4.78, 5) is 9.29. The predicted molar refractivity (Wildman–Crippen MR) is 110 cm³/mol. The number of hydrogen-bond acceptors (Lipinski definition) is 7. The fourth-order valence-electron chi connectivity index (χ4n) is 3.19. The predicted octanol–water partition coefficient (Wildman–Crippen LogP) is 4.15. The van der Waals surface area contributed by atoms with Crippen LogP contribution < -0.4 is 10.2 Å². The summed E-state index contributed by atoms with van der Waals surface area (Å²) in [5.74, 6) is -0.974. The van der Waals surface area contributed by atoms with E-state index in [1.807, 2.05) is 37.3 Å². The van der Waals surface area contributed by atoms with Crippen LogP contribution in [0.15, 0.2) is 57.3 Å². The second-order valence-electron chi connectivity index (χ2n) is 7.05. The van der Waals surface area contributed by atoms with E-state index < -0.39 is 28.1 Å². The first-order valence-corrected chi connectivity index (χ1v) is 11.6. The van der Waals surface area contributed by atoms with E-state index in [-0.39, 0.29) is 32.7 Å². The minimum Gasteiger partial charge on any atom is -0.464 e. The Balaban J connectivity index is 0.000000555. The molecule has 4 N–H and O–H groups in total. The lowest BCUT2D eigenvalue weighted by molar-refractivity contribution is -0.155. The molecule has 0 aliphatic heterocycles. The van der Waals surface area contributed by atoms with Gasteiger partial charge in [0.1, 0.15) is 9.90 Å². The molecule has 14 heteroatoms. The number of hydrogen-bond donors (Lipinski definition) is 4. The highest BCUT2D eigenvalue weighted by Crippen LogP contribution is 2.48. The Morgan fingerprint density at radius 3 is 2.36 bits per heavy atom.